The van der Waals surface area contributed by atoms with E-state index in [1.807, 2.05) is 0 Å². The number of carbonyl (C=O) groups is 1. The van der Waals surface area contributed by atoms with Crippen LogP contribution in [0.15, 0.2) is 12.1 Å². The van der Waals surface area contributed by atoms with E-state index in [2.05, 4.69) is 20.8 Å². The summed E-state index contributed by atoms with van der Waals surface area (Å²) in [7, 11) is -1.37. The van der Waals surface area contributed by atoms with Gasteiger partial charge in [0.05, 0.1) is 6.04 Å². The molecule has 2 rings (SSSR count). The second-order valence-corrected chi connectivity index (χ2v) is 6.22. The van der Waals surface area contributed by atoms with Crippen LogP contribution < -0.4 is 11.1 Å². The summed E-state index contributed by atoms with van der Waals surface area (Å²) in [4.78, 5) is 12.0. The van der Waals surface area contributed by atoms with E-state index in [-0.39, 0.29) is 30.8 Å². The Kier molecular flexibility index (Phi) is 7.90. The Labute approximate surface area is 158 Å². The molecule has 0 bridgehead atoms. The maximum Gasteiger partial charge on any atom is 0.451 e. The lowest BCUT2D eigenvalue weighted by Crippen LogP contribution is -2.29. The zero-order chi connectivity index (χ0) is 20.7. The van der Waals surface area contributed by atoms with Crippen molar-refractivity contribution >= 4 is 13.0 Å². The van der Waals surface area contributed by atoms with Crippen LogP contribution in [-0.4, -0.2) is 43.3 Å². The predicted octanol–water partition coefficient (Wildman–Crippen LogP) is 0.0497. The number of carbonyl (C=O) groups excluding carboxylic acids is 1. The van der Waals surface area contributed by atoms with Gasteiger partial charge in [0, 0.05) is 6.54 Å². The van der Waals surface area contributed by atoms with E-state index in [0.717, 1.165) is 12.1 Å². The molecule has 0 spiro atoms. The molecule has 1 unspecified atom stereocenters. The number of hydrogen-bond acceptors (Lipinski definition) is 7. The topological polar surface area (TPSA) is 139 Å². The van der Waals surface area contributed by atoms with Crippen LogP contribution in [0.3, 0.4) is 0 Å². The number of rotatable bonds is 10. The number of amides is 1. The molecule has 2 aromatic rings. The number of halogens is 3. The van der Waals surface area contributed by atoms with E-state index >= 15 is 0 Å². The molecular formula is C15H20BF3N6O3. The molecule has 0 aliphatic rings. The number of unbranched alkanes of at least 4 members (excludes halogenated alkanes) is 1. The molecule has 152 valence electrons. The van der Waals surface area contributed by atoms with E-state index in [0.29, 0.717) is 19.3 Å². The van der Waals surface area contributed by atoms with E-state index in [4.69, 9.17) is 15.8 Å². The fourth-order valence-corrected chi connectivity index (χ4v) is 2.51. The molecule has 28 heavy (non-hydrogen) atoms. The Morgan fingerprint density at radius 1 is 1.25 bits per heavy atom. The molecule has 1 amide bonds. The monoisotopic (exact) mass is 400 g/mol. The molecular weight excluding hydrogens is 380 g/mol. The first kappa shape index (κ1) is 21.8. The lowest BCUT2D eigenvalue weighted by Gasteiger charge is -2.12. The molecule has 0 radical (unpaired) electrons. The number of aromatic nitrogens is 4. The largest absolute Gasteiger partial charge is 0.451 e. The Bertz CT molecular complexity index is 784. The van der Waals surface area contributed by atoms with Crippen molar-refractivity contribution in [2.75, 3.05) is 0 Å². The number of nitrogens with two attached hydrogens (primary N) is 1. The van der Waals surface area contributed by atoms with Crippen molar-refractivity contribution in [1.29, 1.82) is 0 Å². The molecule has 0 saturated heterocycles. The zero-order valence-corrected chi connectivity index (χ0v) is 14.9. The highest BCUT2D eigenvalue weighted by atomic mass is 19.2. The SMILES string of the molecule is NC(CCCCB(O)O)c1nnnn1CC(=O)NCc1cc(F)c(F)c(F)c1. The summed E-state index contributed by atoms with van der Waals surface area (Å²) < 4.78 is 40.5. The van der Waals surface area contributed by atoms with E-state index < -0.39 is 36.5 Å². The van der Waals surface area contributed by atoms with Crippen LogP contribution >= 0.6 is 0 Å². The fraction of sp³-hybridized carbons (Fsp3) is 0.467. The second-order valence-electron chi connectivity index (χ2n) is 6.22. The maximum atomic E-state index is 13.2. The van der Waals surface area contributed by atoms with Crippen molar-refractivity contribution in [2.45, 2.75) is 44.7 Å². The van der Waals surface area contributed by atoms with Crippen LogP contribution in [0.4, 0.5) is 13.2 Å². The molecule has 0 saturated carbocycles. The minimum Gasteiger partial charge on any atom is -0.427 e. The first-order valence-corrected chi connectivity index (χ1v) is 8.55. The molecule has 1 atom stereocenters. The highest BCUT2D eigenvalue weighted by Gasteiger charge is 2.18. The first-order valence-electron chi connectivity index (χ1n) is 8.55. The molecule has 0 aliphatic carbocycles. The highest BCUT2D eigenvalue weighted by molar-refractivity contribution is 6.40. The Balaban J connectivity index is 1.87. The minimum atomic E-state index is -1.57. The lowest BCUT2D eigenvalue weighted by atomic mass is 9.83. The van der Waals surface area contributed by atoms with Gasteiger partial charge in [-0.1, -0.05) is 12.8 Å². The summed E-state index contributed by atoms with van der Waals surface area (Å²) in [5.74, 6) is -4.51. The Morgan fingerprint density at radius 3 is 2.57 bits per heavy atom. The third-order valence-corrected chi connectivity index (χ3v) is 3.95. The Hall–Kier alpha value is -2.51. The molecule has 9 nitrogen and oxygen atoms in total. The summed E-state index contributed by atoms with van der Waals surface area (Å²) >= 11 is 0. The van der Waals surface area contributed by atoms with Gasteiger partial charge in [-0.2, -0.15) is 0 Å². The molecule has 0 fully saturated rings. The Morgan fingerprint density at radius 2 is 1.93 bits per heavy atom. The quantitative estimate of drug-likeness (QED) is 0.251. The van der Waals surface area contributed by atoms with Gasteiger partial charge in [0.2, 0.25) is 5.91 Å². The standard InChI is InChI=1S/C15H20BF3N6O3/c17-10-5-9(6-11(18)14(10)19)7-21-13(26)8-25-15(22-23-24-25)12(20)3-1-2-4-16(27)28/h5-6,12,27-28H,1-4,7-8,20H2,(H,21,26). The number of tetrazole rings is 1. The summed E-state index contributed by atoms with van der Waals surface area (Å²) in [5.41, 5.74) is 6.07. The first-order chi connectivity index (χ1) is 13.3. The van der Waals surface area contributed by atoms with E-state index in [1.54, 1.807) is 0 Å². The molecule has 1 aromatic heterocycles. The fourth-order valence-electron chi connectivity index (χ4n) is 2.51. The van der Waals surface area contributed by atoms with Crippen molar-refractivity contribution in [2.24, 2.45) is 5.73 Å². The minimum absolute atomic E-state index is 0.0597. The van der Waals surface area contributed by atoms with Gasteiger partial charge in [-0.25, -0.2) is 17.9 Å². The van der Waals surface area contributed by atoms with Crippen LogP contribution in [0.5, 0.6) is 0 Å². The average Bonchev–Trinajstić information content (AvgIpc) is 3.09. The number of hydrogen-bond donors (Lipinski definition) is 4. The molecule has 1 aromatic carbocycles. The lowest BCUT2D eigenvalue weighted by molar-refractivity contribution is -0.122. The summed E-state index contributed by atoms with van der Waals surface area (Å²) in [6.07, 6.45) is 1.87. The smallest absolute Gasteiger partial charge is 0.427 e. The molecule has 13 heteroatoms. The van der Waals surface area contributed by atoms with Gasteiger partial charge >= 0.3 is 7.12 Å². The van der Waals surface area contributed by atoms with Gasteiger partial charge < -0.3 is 21.1 Å². The van der Waals surface area contributed by atoms with Crippen molar-refractivity contribution < 1.29 is 28.0 Å². The number of benzene rings is 1. The van der Waals surface area contributed by atoms with E-state index in [1.165, 1.54) is 4.68 Å². The third-order valence-electron chi connectivity index (χ3n) is 3.95. The number of nitrogens with zero attached hydrogens (tertiary/aromatic N) is 4. The van der Waals surface area contributed by atoms with Gasteiger partial charge in [-0.3, -0.25) is 4.79 Å². The molecule has 0 aliphatic heterocycles. The van der Waals surface area contributed by atoms with Crippen LogP contribution in [0.1, 0.15) is 36.7 Å². The normalized spacial score (nSPS) is 12.1. The van der Waals surface area contributed by atoms with Gasteiger partial charge in [-0.05, 0) is 40.9 Å². The average molecular weight is 400 g/mol. The van der Waals surface area contributed by atoms with Crippen molar-refractivity contribution in [3.8, 4) is 0 Å². The van der Waals surface area contributed by atoms with Gasteiger partial charge in [0.25, 0.3) is 0 Å². The molecule has 5 N–H and O–H groups in total. The van der Waals surface area contributed by atoms with Crippen molar-refractivity contribution in [1.82, 2.24) is 25.5 Å². The zero-order valence-electron chi connectivity index (χ0n) is 14.9. The third kappa shape index (κ3) is 6.28. The van der Waals surface area contributed by atoms with Crippen LogP contribution in [-0.2, 0) is 17.9 Å². The van der Waals surface area contributed by atoms with Crippen LogP contribution in [0.25, 0.3) is 0 Å². The second kappa shape index (κ2) is 10.2. The van der Waals surface area contributed by atoms with Crippen LogP contribution in [0.2, 0.25) is 6.32 Å². The highest BCUT2D eigenvalue weighted by Crippen LogP contribution is 2.15. The summed E-state index contributed by atoms with van der Waals surface area (Å²) in [6.45, 7) is -0.475. The number of nitrogens with one attached hydrogen (secondary N) is 1. The van der Waals surface area contributed by atoms with E-state index in [9.17, 15) is 18.0 Å². The van der Waals surface area contributed by atoms with Gasteiger partial charge in [0.15, 0.2) is 23.3 Å². The predicted molar refractivity (Wildman–Crippen MR) is 91.8 cm³/mol. The van der Waals surface area contributed by atoms with Gasteiger partial charge in [0.1, 0.15) is 6.54 Å². The van der Waals surface area contributed by atoms with Crippen molar-refractivity contribution in [3.63, 3.8) is 0 Å². The van der Waals surface area contributed by atoms with Gasteiger partial charge in [-0.15, -0.1) is 5.10 Å². The van der Waals surface area contributed by atoms with Crippen LogP contribution in [0, 0.1) is 17.5 Å². The molecule has 1 heterocycles. The maximum absolute atomic E-state index is 13.2. The summed E-state index contributed by atoms with van der Waals surface area (Å²) in [5, 5.41) is 31.0. The summed E-state index contributed by atoms with van der Waals surface area (Å²) in [6, 6.07) is 1.03. The van der Waals surface area contributed by atoms with Crippen molar-refractivity contribution in [3.05, 3.63) is 41.0 Å².